The van der Waals surface area contributed by atoms with Crippen LogP contribution in [0.5, 0.6) is 0 Å². The van der Waals surface area contributed by atoms with E-state index < -0.39 is 0 Å². The Labute approximate surface area is 133 Å². The van der Waals surface area contributed by atoms with E-state index in [1.54, 1.807) is 0 Å². The number of carbonyl (C=O) groups is 1. The smallest absolute Gasteiger partial charge is 0.221 e. The number of carbonyl (C=O) groups excluding carboxylic acids is 1. The largest absolute Gasteiger partial charge is 0.368 e. The van der Waals surface area contributed by atoms with E-state index in [1.807, 2.05) is 0 Å². The lowest BCUT2D eigenvalue weighted by atomic mass is 9.96. The van der Waals surface area contributed by atoms with E-state index in [4.69, 9.17) is 5.73 Å². The monoisotopic (exact) mass is 301 g/mol. The number of anilines is 1. The van der Waals surface area contributed by atoms with Crippen molar-refractivity contribution in [1.29, 1.82) is 0 Å². The SMILES string of the molecule is CC1CCc2ccccc2N1CCC(=O)NCC(N)C1CC1. The second-order valence-electron chi connectivity index (χ2n) is 6.77. The van der Waals surface area contributed by atoms with Crippen LogP contribution < -0.4 is 16.0 Å². The van der Waals surface area contributed by atoms with Crippen molar-refractivity contribution in [2.24, 2.45) is 11.7 Å². The molecule has 2 unspecified atom stereocenters. The van der Waals surface area contributed by atoms with E-state index in [9.17, 15) is 4.79 Å². The number of aryl methyl sites for hydroxylation is 1. The molecule has 0 bridgehead atoms. The van der Waals surface area contributed by atoms with Gasteiger partial charge in [-0.05, 0) is 50.2 Å². The molecule has 0 aromatic heterocycles. The van der Waals surface area contributed by atoms with E-state index in [2.05, 4.69) is 41.4 Å². The number of benzene rings is 1. The van der Waals surface area contributed by atoms with Crippen molar-refractivity contribution in [3.05, 3.63) is 29.8 Å². The first-order valence-electron chi connectivity index (χ1n) is 8.52. The Morgan fingerprint density at radius 2 is 2.14 bits per heavy atom. The predicted molar refractivity (Wildman–Crippen MR) is 89.9 cm³/mol. The third-order valence-electron chi connectivity index (χ3n) is 5.01. The number of nitrogens with two attached hydrogens (primary N) is 1. The van der Waals surface area contributed by atoms with Gasteiger partial charge in [-0.2, -0.15) is 0 Å². The minimum Gasteiger partial charge on any atom is -0.368 e. The van der Waals surface area contributed by atoms with Crippen molar-refractivity contribution in [1.82, 2.24) is 5.32 Å². The number of rotatable bonds is 6. The maximum atomic E-state index is 12.1. The first-order valence-corrected chi connectivity index (χ1v) is 8.52. The van der Waals surface area contributed by atoms with Gasteiger partial charge in [0.05, 0.1) is 0 Å². The molecule has 0 radical (unpaired) electrons. The quantitative estimate of drug-likeness (QED) is 0.845. The van der Waals surface area contributed by atoms with Gasteiger partial charge in [-0.1, -0.05) is 18.2 Å². The van der Waals surface area contributed by atoms with Crippen LogP contribution in [0, 0.1) is 5.92 Å². The van der Waals surface area contributed by atoms with Crippen LogP contribution in [-0.2, 0) is 11.2 Å². The summed E-state index contributed by atoms with van der Waals surface area (Å²) in [6.45, 7) is 3.65. The van der Waals surface area contributed by atoms with Gasteiger partial charge in [-0.3, -0.25) is 4.79 Å². The zero-order valence-corrected chi connectivity index (χ0v) is 13.4. The van der Waals surface area contributed by atoms with Crippen LogP contribution in [0.4, 0.5) is 5.69 Å². The van der Waals surface area contributed by atoms with Crippen molar-refractivity contribution in [2.45, 2.75) is 51.1 Å². The molecule has 1 aromatic rings. The van der Waals surface area contributed by atoms with Crippen molar-refractivity contribution >= 4 is 11.6 Å². The Bertz CT molecular complexity index is 527. The number of nitrogens with zero attached hydrogens (tertiary/aromatic N) is 1. The summed E-state index contributed by atoms with van der Waals surface area (Å²) >= 11 is 0. The Balaban J connectivity index is 1.51. The number of hydrogen-bond acceptors (Lipinski definition) is 3. The Kier molecular flexibility index (Phi) is 4.67. The number of fused-ring (bicyclic) bond motifs is 1. The second-order valence-corrected chi connectivity index (χ2v) is 6.77. The van der Waals surface area contributed by atoms with Crippen LogP contribution in [0.1, 0.15) is 38.2 Å². The van der Waals surface area contributed by atoms with Crippen molar-refractivity contribution in [2.75, 3.05) is 18.0 Å². The van der Waals surface area contributed by atoms with Crippen LogP contribution in [-0.4, -0.2) is 31.1 Å². The van der Waals surface area contributed by atoms with Crippen molar-refractivity contribution < 1.29 is 4.79 Å². The fourth-order valence-corrected chi connectivity index (χ4v) is 3.33. The lowest BCUT2D eigenvalue weighted by Gasteiger charge is -2.37. The van der Waals surface area contributed by atoms with Gasteiger partial charge in [0.15, 0.2) is 0 Å². The lowest BCUT2D eigenvalue weighted by Crippen LogP contribution is -2.42. The molecule has 0 spiro atoms. The molecule has 1 aliphatic heterocycles. The van der Waals surface area contributed by atoms with Gasteiger partial charge in [-0.15, -0.1) is 0 Å². The molecule has 1 saturated carbocycles. The van der Waals surface area contributed by atoms with E-state index >= 15 is 0 Å². The van der Waals surface area contributed by atoms with Gasteiger partial charge < -0.3 is 16.0 Å². The average molecular weight is 301 g/mol. The summed E-state index contributed by atoms with van der Waals surface area (Å²) in [5, 5.41) is 2.99. The average Bonchev–Trinajstić information content (AvgIpc) is 3.36. The summed E-state index contributed by atoms with van der Waals surface area (Å²) in [7, 11) is 0. The molecule has 120 valence electrons. The van der Waals surface area contributed by atoms with E-state index in [0.29, 0.717) is 24.9 Å². The van der Waals surface area contributed by atoms with Gasteiger partial charge in [0, 0.05) is 37.3 Å². The van der Waals surface area contributed by atoms with Gasteiger partial charge in [-0.25, -0.2) is 0 Å². The van der Waals surface area contributed by atoms with E-state index in [-0.39, 0.29) is 11.9 Å². The van der Waals surface area contributed by atoms with Crippen LogP contribution in [0.2, 0.25) is 0 Å². The molecule has 0 saturated heterocycles. The Morgan fingerprint density at radius 3 is 2.91 bits per heavy atom. The maximum Gasteiger partial charge on any atom is 0.221 e. The normalized spacial score (nSPS) is 22.1. The first kappa shape index (κ1) is 15.3. The topological polar surface area (TPSA) is 58.4 Å². The molecule has 2 aliphatic rings. The second kappa shape index (κ2) is 6.69. The van der Waals surface area contributed by atoms with Crippen molar-refractivity contribution in [3.8, 4) is 0 Å². The fourth-order valence-electron chi connectivity index (χ4n) is 3.33. The maximum absolute atomic E-state index is 12.1. The van der Waals surface area contributed by atoms with Gasteiger partial charge >= 0.3 is 0 Å². The minimum absolute atomic E-state index is 0.117. The highest BCUT2D eigenvalue weighted by molar-refractivity contribution is 5.76. The van der Waals surface area contributed by atoms with Crippen LogP contribution >= 0.6 is 0 Å². The summed E-state index contributed by atoms with van der Waals surface area (Å²) in [5.74, 6) is 0.751. The molecule has 4 nitrogen and oxygen atoms in total. The number of amides is 1. The molecule has 3 N–H and O–H groups in total. The molecule has 22 heavy (non-hydrogen) atoms. The summed E-state index contributed by atoms with van der Waals surface area (Å²) in [5.41, 5.74) is 8.72. The highest BCUT2D eigenvalue weighted by Gasteiger charge is 2.28. The summed E-state index contributed by atoms with van der Waals surface area (Å²) in [4.78, 5) is 14.4. The lowest BCUT2D eigenvalue weighted by molar-refractivity contribution is -0.121. The minimum atomic E-state index is 0.117. The molecule has 1 amide bonds. The summed E-state index contributed by atoms with van der Waals surface area (Å²) in [6.07, 6.45) is 5.27. The predicted octanol–water partition coefficient (Wildman–Crippen LogP) is 2.07. The van der Waals surface area contributed by atoms with Gasteiger partial charge in [0.25, 0.3) is 0 Å². The highest BCUT2D eigenvalue weighted by atomic mass is 16.1. The molecule has 1 heterocycles. The molecular formula is C18H27N3O. The number of para-hydroxylation sites is 1. The highest BCUT2D eigenvalue weighted by Crippen LogP contribution is 2.31. The fraction of sp³-hybridized carbons (Fsp3) is 0.611. The third kappa shape index (κ3) is 3.61. The third-order valence-corrected chi connectivity index (χ3v) is 5.01. The molecule has 4 heteroatoms. The Morgan fingerprint density at radius 1 is 1.36 bits per heavy atom. The van der Waals surface area contributed by atoms with Crippen LogP contribution in [0.3, 0.4) is 0 Å². The van der Waals surface area contributed by atoms with E-state index in [0.717, 1.165) is 19.4 Å². The van der Waals surface area contributed by atoms with Crippen LogP contribution in [0.15, 0.2) is 24.3 Å². The summed E-state index contributed by atoms with van der Waals surface area (Å²) in [6, 6.07) is 9.18. The zero-order chi connectivity index (χ0) is 15.5. The van der Waals surface area contributed by atoms with Crippen molar-refractivity contribution in [3.63, 3.8) is 0 Å². The standard InChI is InChI=1S/C18H27N3O/c1-13-6-7-15-4-2-3-5-17(15)21(13)11-10-18(22)20-12-16(19)14-8-9-14/h2-5,13-14,16H,6-12,19H2,1H3,(H,20,22). The molecule has 1 aliphatic carbocycles. The van der Waals surface area contributed by atoms with E-state index in [1.165, 1.54) is 24.1 Å². The number of hydrogen-bond donors (Lipinski definition) is 2. The zero-order valence-electron chi connectivity index (χ0n) is 13.4. The van der Waals surface area contributed by atoms with Gasteiger partial charge in [0.1, 0.15) is 0 Å². The molecule has 1 aromatic carbocycles. The molecule has 1 fully saturated rings. The Hall–Kier alpha value is -1.55. The molecule has 2 atom stereocenters. The first-order chi connectivity index (χ1) is 10.6. The summed E-state index contributed by atoms with van der Waals surface area (Å²) < 4.78 is 0. The number of nitrogens with one attached hydrogen (secondary N) is 1. The van der Waals surface area contributed by atoms with Crippen LogP contribution in [0.25, 0.3) is 0 Å². The van der Waals surface area contributed by atoms with Gasteiger partial charge in [0.2, 0.25) is 5.91 Å². The molecular weight excluding hydrogens is 274 g/mol. The molecule has 3 rings (SSSR count).